The van der Waals surface area contributed by atoms with E-state index in [1.54, 1.807) is 12.1 Å². The molecule has 2 heterocycles. The summed E-state index contributed by atoms with van der Waals surface area (Å²) in [5, 5.41) is 0.778. The van der Waals surface area contributed by atoms with Crippen LogP contribution in [-0.2, 0) is 17.6 Å². The molecule has 0 saturated carbocycles. The molecule has 0 bridgehead atoms. The van der Waals surface area contributed by atoms with Crippen molar-refractivity contribution in [2.24, 2.45) is 11.5 Å². The van der Waals surface area contributed by atoms with Crippen LogP contribution in [0.15, 0.2) is 24.3 Å². The zero-order chi connectivity index (χ0) is 19.1. The SMILES string of the molecule is NC(=O)COc1ccc(-c2c3c(nc4sc(C(N)=O)c(N)c24)CCC3)cc1. The molecule has 138 valence electrons. The summed E-state index contributed by atoms with van der Waals surface area (Å²) in [4.78, 5) is 28.4. The first-order valence-corrected chi connectivity index (χ1v) is 9.32. The van der Waals surface area contributed by atoms with Crippen LogP contribution >= 0.6 is 11.3 Å². The maximum Gasteiger partial charge on any atom is 0.260 e. The van der Waals surface area contributed by atoms with Crippen LogP contribution in [0.4, 0.5) is 5.69 Å². The highest BCUT2D eigenvalue weighted by Gasteiger charge is 2.25. The standard InChI is InChI=1S/C19H18N4O3S/c20-13(24)8-26-10-6-4-9(5-7-10)14-11-2-1-3-12(11)23-19-15(14)16(21)17(27-19)18(22)25/h4-7H,1-3,8,21H2,(H2,20,24)(H2,22,25). The van der Waals surface area contributed by atoms with Gasteiger partial charge in [0.2, 0.25) is 0 Å². The number of nitrogens with two attached hydrogens (primary N) is 3. The fourth-order valence-electron chi connectivity index (χ4n) is 3.52. The van der Waals surface area contributed by atoms with Gasteiger partial charge in [0.15, 0.2) is 6.61 Å². The van der Waals surface area contributed by atoms with Gasteiger partial charge in [-0.15, -0.1) is 11.3 Å². The van der Waals surface area contributed by atoms with Crippen molar-refractivity contribution in [3.05, 3.63) is 40.4 Å². The average molecular weight is 382 g/mol. The van der Waals surface area contributed by atoms with Crippen LogP contribution in [-0.4, -0.2) is 23.4 Å². The van der Waals surface area contributed by atoms with Crippen molar-refractivity contribution < 1.29 is 14.3 Å². The molecule has 1 aliphatic carbocycles. The number of carbonyl (C=O) groups excluding carboxylic acids is 2. The van der Waals surface area contributed by atoms with Crippen LogP contribution in [0.1, 0.15) is 27.3 Å². The third-order valence-corrected chi connectivity index (χ3v) is 5.77. The molecule has 6 N–H and O–H groups in total. The fraction of sp³-hybridized carbons (Fsp3) is 0.211. The number of aryl methyl sites for hydroxylation is 1. The third kappa shape index (κ3) is 2.97. The first kappa shape index (κ1) is 17.3. The van der Waals surface area contributed by atoms with Gasteiger partial charge in [-0.2, -0.15) is 0 Å². The lowest BCUT2D eigenvalue weighted by molar-refractivity contribution is -0.119. The predicted octanol–water partition coefficient (Wildman–Crippen LogP) is 2.00. The number of benzene rings is 1. The molecule has 4 rings (SSSR count). The van der Waals surface area contributed by atoms with Crippen LogP contribution < -0.4 is 21.9 Å². The minimum atomic E-state index is -0.545. The Bertz CT molecular complexity index is 1070. The van der Waals surface area contributed by atoms with E-state index in [0.29, 0.717) is 16.3 Å². The second-order valence-electron chi connectivity index (χ2n) is 6.43. The van der Waals surface area contributed by atoms with Gasteiger partial charge >= 0.3 is 0 Å². The van der Waals surface area contributed by atoms with E-state index in [9.17, 15) is 9.59 Å². The largest absolute Gasteiger partial charge is 0.484 e. The quantitative estimate of drug-likeness (QED) is 0.620. The first-order chi connectivity index (χ1) is 13.0. The van der Waals surface area contributed by atoms with Crippen molar-refractivity contribution in [2.45, 2.75) is 19.3 Å². The number of nitrogen functional groups attached to an aromatic ring is 1. The summed E-state index contributed by atoms with van der Waals surface area (Å²) in [5.74, 6) is -0.523. The molecule has 2 amide bonds. The number of pyridine rings is 1. The van der Waals surface area contributed by atoms with Crippen LogP contribution in [0.5, 0.6) is 5.75 Å². The highest BCUT2D eigenvalue weighted by molar-refractivity contribution is 7.21. The Balaban J connectivity index is 1.87. The van der Waals surface area contributed by atoms with Crippen molar-refractivity contribution in [3.63, 3.8) is 0 Å². The van der Waals surface area contributed by atoms with Crippen molar-refractivity contribution in [2.75, 3.05) is 12.3 Å². The number of primary amides is 2. The number of anilines is 1. The van der Waals surface area contributed by atoms with E-state index >= 15 is 0 Å². The number of hydrogen-bond acceptors (Lipinski definition) is 6. The van der Waals surface area contributed by atoms with Gasteiger partial charge < -0.3 is 21.9 Å². The molecule has 3 aromatic rings. The maximum absolute atomic E-state index is 11.7. The van der Waals surface area contributed by atoms with Gasteiger partial charge in [0, 0.05) is 11.1 Å². The highest BCUT2D eigenvalue weighted by atomic mass is 32.1. The zero-order valence-corrected chi connectivity index (χ0v) is 15.3. The summed E-state index contributed by atoms with van der Waals surface area (Å²) in [6.07, 6.45) is 2.85. The normalized spacial score (nSPS) is 12.9. The lowest BCUT2D eigenvalue weighted by Gasteiger charge is -2.12. The van der Waals surface area contributed by atoms with E-state index in [1.165, 1.54) is 11.3 Å². The van der Waals surface area contributed by atoms with Crippen molar-refractivity contribution >= 4 is 39.1 Å². The summed E-state index contributed by atoms with van der Waals surface area (Å²) >= 11 is 1.23. The Hall–Kier alpha value is -3.13. The summed E-state index contributed by atoms with van der Waals surface area (Å²) in [6, 6.07) is 7.38. The van der Waals surface area contributed by atoms with Crippen molar-refractivity contribution in [1.82, 2.24) is 4.98 Å². The average Bonchev–Trinajstić information content (AvgIpc) is 3.23. The number of thiophene rings is 1. The van der Waals surface area contributed by atoms with Crippen LogP contribution in [0.2, 0.25) is 0 Å². The Morgan fingerprint density at radius 3 is 2.56 bits per heavy atom. The number of amides is 2. The van der Waals surface area contributed by atoms with Gasteiger partial charge in [-0.3, -0.25) is 9.59 Å². The second kappa shape index (κ2) is 6.55. The molecule has 0 aliphatic heterocycles. The van der Waals surface area contributed by atoms with E-state index in [1.807, 2.05) is 12.1 Å². The van der Waals surface area contributed by atoms with E-state index in [2.05, 4.69) is 0 Å². The van der Waals surface area contributed by atoms with Crippen LogP contribution in [0.25, 0.3) is 21.3 Å². The van der Waals surface area contributed by atoms with Gasteiger partial charge in [0.1, 0.15) is 15.5 Å². The van der Waals surface area contributed by atoms with Gasteiger partial charge in [-0.05, 0) is 48.1 Å². The topological polar surface area (TPSA) is 134 Å². The molecule has 0 unspecified atom stereocenters. The first-order valence-electron chi connectivity index (χ1n) is 8.50. The molecule has 0 spiro atoms. The Labute approximate surface area is 159 Å². The number of hydrogen-bond donors (Lipinski definition) is 3. The minimum Gasteiger partial charge on any atom is -0.484 e. The Morgan fingerprint density at radius 1 is 1.15 bits per heavy atom. The molecule has 1 aliphatic rings. The van der Waals surface area contributed by atoms with Crippen LogP contribution in [0, 0.1) is 0 Å². The molecule has 0 atom stereocenters. The lowest BCUT2D eigenvalue weighted by atomic mass is 9.96. The molecule has 0 saturated heterocycles. The molecule has 27 heavy (non-hydrogen) atoms. The van der Waals surface area contributed by atoms with Gasteiger partial charge in [0.05, 0.1) is 5.69 Å². The number of ether oxygens (including phenoxy) is 1. The summed E-state index contributed by atoms with van der Waals surface area (Å²) in [6.45, 7) is -0.173. The monoisotopic (exact) mass is 382 g/mol. The van der Waals surface area contributed by atoms with E-state index in [0.717, 1.165) is 51.9 Å². The number of fused-ring (bicyclic) bond motifs is 2. The minimum absolute atomic E-state index is 0.173. The molecular formula is C19H18N4O3S. The summed E-state index contributed by atoms with van der Waals surface area (Å²) in [7, 11) is 0. The van der Waals surface area contributed by atoms with E-state index < -0.39 is 11.8 Å². The van der Waals surface area contributed by atoms with Gasteiger partial charge in [-0.1, -0.05) is 12.1 Å². The second-order valence-corrected chi connectivity index (χ2v) is 7.43. The number of nitrogens with zero attached hydrogens (tertiary/aromatic N) is 1. The predicted molar refractivity (Wildman–Crippen MR) is 105 cm³/mol. The van der Waals surface area contributed by atoms with Crippen molar-refractivity contribution in [3.8, 4) is 16.9 Å². The number of rotatable bonds is 5. The Kier molecular flexibility index (Phi) is 4.19. The Morgan fingerprint density at radius 2 is 1.89 bits per heavy atom. The van der Waals surface area contributed by atoms with Crippen molar-refractivity contribution in [1.29, 1.82) is 0 Å². The van der Waals surface area contributed by atoms with Crippen LogP contribution in [0.3, 0.4) is 0 Å². The molecular weight excluding hydrogens is 364 g/mol. The molecule has 0 fully saturated rings. The summed E-state index contributed by atoms with van der Waals surface area (Å²) < 4.78 is 5.33. The fourth-order valence-corrected chi connectivity index (χ4v) is 4.50. The molecule has 7 nitrogen and oxygen atoms in total. The zero-order valence-electron chi connectivity index (χ0n) is 14.5. The summed E-state index contributed by atoms with van der Waals surface area (Å²) in [5.41, 5.74) is 21.4. The number of aromatic nitrogens is 1. The highest BCUT2D eigenvalue weighted by Crippen LogP contribution is 2.44. The molecule has 8 heteroatoms. The lowest BCUT2D eigenvalue weighted by Crippen LogP contribution is -2.19. The van der Waals surface area contributed by atoms with Gasteiger partial charge in [0.25, 0.3) is 11.8 Å². The van der Waals surface area contributed by atoms with E-state index in [4.69, 9.17) is 26.9 Å². The van der Waals surface area contributed by atoms with Gasteiger partial charge in [-0.25, -0.2) is 4.98 Å². The molecule has 0 radical (unpaired) electrons. The molecule has 1 aromatic carbocycles. The smallest absolute Gasteiger partial charge is 0.260 e. The maximum atomic E-state index is 11.7. The number of carbonyl (C=O) groups is 2. The third-order valence-electron chi connectivity index (χ3n) is 4.65. The van der Waals surface area contributed by atoms with E-state index in [-0.39, 0.29) is 6.61 Å². The molecule has 2 aromatic heterocycles.